The molecular formula is C14H19O4. The number of methoxy groups -OCH3 is 1. The molecule has 1 aromatic rings. The van der Waals surface area contributed by atoms with Crippen molar-refractivity contribution in [2.75, 3.05) is 7.11 Å². The number of hydrogen-bond acceptors (Lipinski definition) is 4. The van der Waals surface area contributed by atoms with E-state index in [2.05, 4.69) is 4.89 Å². The average molecular weight is 251 g/mol. The van der Waals surface area contributed by atoms with Gasteiger partial charge < -0.3 is 4.74 Å². The summed E-state index contributed by atoms with van der Waals surface area (Å²) in [5, 5.41) is 0. The van der Waals surface area contributed by atoms with Crippen LogP contribution in [0.1, 0.15) is 36.2 Å². The van der Waals surface area contributed by atoms with Crippen LogP contribution in [0.15, 0.2) is 24.3 Å². The lowest BCUT2D eigenvalue weighted by molar-refractivity contribution is -0.218. The van der Waals surface area contributed by atoms with Gasteiger partial charge in [-0.25, -0.2) is 4.79 Å². The maximum atomic E-state index is 11.6. The molecule has 0 heterocycles. The fourth-order valence-corrected chi connectivity index (χ4v) is 1.22. The monoisotopic (exact) mass is 251 g/mol. The molecule has 18 heavy (non-hydrogen) atoms. The van der Waals surface area contributed by atoms with E-state index >= 15 is 0 Å². The van der Waals surface area contributed by atoms with E-state index < -0.39 is 5.97 Å². The van der Waals surface area contributed by atoms with Gasteiger partial charge in [0.2, 0.25) is 0 Å². The fourth-order valence-electron chi connectivity index (χ4n) is 1.22. The summed E-state index contributed by atoms with van der Waals surface area (Å²) >= 11 is 0. The van der Waals surface area contributed by atoms with Gasteiger partial charge >= 0.3 is 5.97 Å². The zero-order valence-corrected chi connectivity index (χ0v) is 11.2. The molecule has 1 radical (unpaired) electrons. The summed E-state index contributed by atoms with van der Waals surface area (Å²) in [6.07, 6.45) is 0.518. The Morgan fingerprint density at radius 1 is 1.39 bits per heavy atom. The van der Waals surface area contributed by atoms with Crippen LogP contribution in [0, 0.1) is 13.5 Å². The Bertz CT molecular complexity index is 399. The molecule has 0 bridgehead atoms. The Kier molecular flexibility index (Phi) is 5.31. The normalized spacial score (nSPS) is 11.3. The zero-order valence-electron chi connectivity index (χ0n) is 11.2. The molecular weight excluding hydrogens is 232 g/mol. The van der Waals surface area contributed by atoms with Gasteiger partial charge in [-0.1, -0.05) is 17.7 Å². The highest BCUT2D eigenvalue weighted by Gasteiger charge is 2.17. The van der Waals surface area contributed by atoms with Crippen molar-refractivity contribution in [3.8, 4) is 0 Å². The van der Waals surface area contributed by atoms with Crippen molar-refractivity contribution in [3.63, 3.8) is 0 Å². The van der Waals surface area contributed by atoms with Gasteiger partial charge in [-0.3, -0.25) is 4.89 Å². The van der Waals surface area contributed by atoms with E-state index in [1.165, 1.54) is 6.61 Å². The quantitative estimate of drug-likeness (QED) is 0.443. The third-order valence-corrected chi connectivity index (χ3v) is 2.57. The number of benzene rings is 1. The number of ether oxygens (including phenoxy) is 1. The fraction of sp³-hybridized carbons (Fsp3) is 0.429. The van der Waals surface area contributed by atoms with Crippen molar-refractivity contribution in [1.29, 1.82) is 0 Å². The van der Waals surface area contributed by atoms with Gasteiger partial charge in [0, 0.05) is 13.5 Å². The first kappa shape index (κ1) is 14.7. The van der Waals surface area contributed by atoms with Crippen LogP contribution in [0.2, 0.25) is 0 Å². The maximum absolute atomic E-state index is 11.6. The Morgan fingerprint density at radius 3 is 2.72 bits per heavy atom. The van der Waals surface area contributed by atoms with Gasteiger partial charge in [-0.2, -0.15) is 4.89 Å². The summed E-state index contributed by atoms with van der Waals surface area (Å²) in [6.45, 7) is 7.15. The molecule has 0 spiro atoms. The van der Waals surface area contributed by atoms with Crippen LogP contribution in [0.3, 0.4) is 0 Å². The van der Waals surface area contributed by atoms with Gasteiger partial charge in [-0.15, -0.1) is 0 Å². The third kappa shape index (κ3) is 4.85. The molecule has 0 amide bonds. The maximum Gasteiger partial charge on any atom is 0.373 e. The van der Waals surface area contributed by atoms with Gasteiger partial charge in [0.1, 0.15) is 6.61 Å². The molecule has 1 aromatic carbocycles. The van der Waals surface area contributed by atoms with Crippen molar-refractivity contribution in [2.24, 2.45) is 0 Å². The van der Waals surface area contributed by atoms with Crippen LogP contribution >= 0.6 is 0 Å². The first-order valence-corrected chi connectivity index (χ1v) is 5.76. The lowest BCUT2D eigenvalue weighted by Gasteiger charge is -2.21. The summed E-state index contributed by atoms with van der Waals surface area (Å²) in [5.74, 6) is -0.509. The highest BCUT2D eigenvalue weighted by Crippen LogP contribution is 2.15. The highest BCUT2D eigenvalue weighted by molar-refractivity contribution is 5.89. The minimum absolute atomic E-state index is 0.338. The van der Waals surface area contributed by atoms with Crippen LogP contribution in [0.4, 0.5) is 0 Å². The smallest absolute Gasteiger partial charge is 0.373 e. The van der Waals surface area contributed by atoms with Crippen LogP contribution < -0.4 is 0 Å². The van der Waals surface area contributed by atoms with E-state index in [9.17, 15) is 4.79 Å². The van der Waals surface area contributed by atoms with Gasteiger partial charge in [0.15, 0.2) is 0 Å². The second-order valence-electron chi connectivity index (χ2n) is 4.67. The van der Waals surface area contributed by atoms with Gasteiger partial charge in [0.05, 0.1) is 11.2 Å². The van der Waals surface area contributed by atoms with Gasteiger partial charge in [0.25, 0.3) is 0 Å². The number of rotatable bonds is 6. The Balaban J connectivity index is 2.34. The van der Waals surface area contributed by atoms with Crippen LogP contribution in [0.5, 0.6) is 0 Å². The molecule has 0 aromatic heterocycles. The molecule has 0 saturated carbocycles. The van der Waals surface area contributed by atoms with Crippen molar-refractivity contribution in [2.45, 2.75) is 32.8 Å². The Hall–Kier alpha value is -1.39. The average Bonchev–Trinajstić information content (AvgIpc) is 2.34. The summed E-state index contributed by atoms with van der Waals surface area (Å²) in [4.78, 5) is 21.0. The predicted octanol–water partition coefficient (Wildman–Crippen LogP) is 3.06. The first-order valence-electron chi connectivity index (χ1n) is 5.76. The molecule has 0 fully saturated rings. The van der Waals surface area contributed by atoms with Crippen LogP contribution in [0.25, 0.3) is 0 Å². The lowest BCUT2D eigenvalue weighted by Crippen LogP contribution is -2.22. The molecule has 4 nitrogen and oxygen atoms in total. The predicted molar refractivity (Wildman–Crippen MR) is 67.7 cm³/mol. The molecule has 0 N–H and O–H groups in total. The SMILES string of the molecule is COC(C)(C)C[CH]OOC(=O)c1cccc(C)c1. The molecule has 0 aliphatic carbocycles. The second-order valence-corrected chi connectivity index (χ2v) is 4.67. The van der Waals surface area contributed by atoms with Crippen molar-refractivity contribution in [3.05, 3.63) is 42.0 Å². The first-order chi connectivity index (χ1) is 8.44. The lowest BCUT2D eigenvalue weighted by atomic mass is 10.1. The topological polar surface area (TPSA) is 44.8 Å². The van der Waals surface area contributed by atoms with E-state index in [0.717, 1.165) is 5.56 Å². The molecule has 0 aliphatic rings. The molecule has 99 valence electrons. The Labute approximate surface area is 108 Å². The van der Waals surface area contributed by atoms with Crippen molar-refractivity contribution in [1.82, 2.24) is 0 Å². The molecule has 0 saturated heterocycles. The molecule has 0 unspecified atom stereocenters. The molecule has 1 rings (SSSR count). The summed E-state index contributed by atoms with van der Waals surface area (Å²) in [5.41, 5.74) is 1.12. The van der Waals surface area contributed by atoms with E-state index in [0.29, 0.717) is 12.0 Å². The summed E-state index contributed by atoms with van der Waals surface area (Å²) < 4.78 is 5.19. The number of hydrogen-bond donors (Lipinski definition) is 0. The van der Waals surface area contributed by atoms with Crippen LogP contribution in [-0.2, 0) is 14.5 Å². The third-order valence-electron chi connectivity index (χ3n) is 2.57. The number of aryl methyl sites for hydroxylation is 1. The van der Waals surface area contributed by atoms with Crippen LogP contribution in [-0.4, -0.2) is 18.7 Å². The largest absolute Gasteiger partial charge is 0.379 e. The van der Waals surface area contributed by atoms with E-state index in [1.54, 1.807) is 25.3 Å². The van der Waals surface area contributed by atoms with E-state index in [4.69, 9.17) is 9.62 Å². The summed E-state index contributed by atoms with van der Waals surface area (Å²) in [6, 6.07) is 7.12. The molecule has 0 atom stereocenters. The van der Waals surface area contributed by atoms with Gasteiger partial charge in [-0.05, 0) is 32.9 Å². The van der Waals surface area contributed by atoms with E-state index in [-0.39, 0.29) is 5.60 Å². The number of carbonyl (C=O) groups is 1. The molecule has 0 aliphatic heterocycles. The minimum Gasteiger partial charge on any atom is -0.379 e. The zero-order chi connectivity index (χ0) is 13.6. The number of carbonyl (C=O) groups excluding carboxylic acids is 1. The van der Waals surface area contributed by atoms with E-state index in [1.807, 2.05) is 26.8 Å². The minimum atomic E-state index is -0.509. The summed E-state index contributed by atoms with van der Waals surface area (Å²) in [7, 11) is 1.62. The second kappa shape index (κ2) is 6.52. The Morgan fingerprint density at radius 2 is 2.11 bits per heavy atom. The molecule has 4 heteroatoms. The highest BCUT2D eigenvalue weighted by atomic mass is 17.2. The van der Waals surface area contributed by atoms with Crippen molar-refractivity contribution < 1.29 is 19.3 Å². The van der Waals surface area contributed by atoms with Crippen molar-refractivity contribution >= 4 is 5.97 Å². The standard InChI is InChI=1S/C14H19O4/c1-11-6-5-7-12(10-11)13(15)18-17-9-8-14(2,3)16-4/h5-7,9-10H,8H2,1-4H3.